The molecular formula is C64H104O20S2Si8. The summed E-state index contributed by atoms with van der Waals surface area (Å²) in [6, 6.07) is 29.6. The van der Waals surface area contributed by atoms with Gasteiger partial charge in [-0.05, 0) is 187 Å². The van der Waals surface area contributed by atoms with Crippen LogP contribution in [0.15, 0.2) is 168 Å². The van der Waals surface area contributed by atoms with Gasteiger partial charge in [0.2, 0.25) is 0 Å². The zero-order valence-corrected chi connectivity index (χ0v) is 66.1. The number of aryl methyl sites for hydroxylation is 2. The molecule has 0 bridgehead atoms. The van der Waals surface area contributed by atoms with Crippen molar-refractivity contribution in [1.29, 1.82) is 0 Å². The smallest absolute Gasteiger partial charge is 0.413 e. The normalized spacial score (nSPS) is 17.9. The average Bonchev–Trinajstić information content (AvgIpc) is 0.763. The number of hydrogen-bond acceptors (Lipinski definition) is 20. The Morgan fingerprint density at radius 3 is 1.37 bits per heavy atom. The average molecular weight is 1480 g/mol. The Kier molecular flexibility index (Phi) is 33.1. The summed E-state index contributed by atoms with van der Waals surface area (Å²) < 4.78 is 89.5. The summed E-state index contributed by atoms with van der Waals surface area (Å²) in [5, 5.41) is 12.3. The van der Waals surface area contributed by atoms with Gasteiger partial charge in [0.05, 0.1) is 16.9 Å². The molecule has 0 aromatic heterocycles. The summed E-state index contributed by atoms with van der Waals surface area (Å²) in [6.07, 6.45) is 10.00. The molecule has 4 aromatic rings. The second-order valence-corrected chi connectivity index (χ2v) is 51.8. The molecule has 524 valence electrons. The summed E-state index contributed by atoms with van der Waals surface area (Å²) in [6.45, 7) is 35.5. The number of hydrogen-bond donors (Lipinski definition) is 8. The predicted octanol–water partition coefficient (Wildman–Crippen LogP) is 12.4. The van der Waals surface area contributed by atoms with E-state index in [1.807, 2.05) is 80.3 Å². The molecule has 94 heavy (non-hydrogen) atoms. The van der Waals surface area contributed by atoms with E-state index in [1.54, 1.807) is 12.1 Å². The third-order valence-electron chi connectivity index (χ3n) is 17.2. The van der Waals surface area contributed by atoms with E-state index in [4.69, 9.17) is 38.8 Å². The minimum absolute atomic E-state index is 0.0548. The van der Waals surface area contributed by atoms with Crippen molar-refractivity contribution in [2.45, 2.75) is 171 Å². The maximum absolute atomic E-state index is 12.9. The van der Waals surface area contributed by atoms with E-state index >= 15 is 0 Å². The first-order valence-corrected chi connectivity index (χ1v) is 51.2. The zero-order chi connectivity index (χ0) is 70.3. The Labute approximate surface area is 572 Å². The van der Waals surface area contributed by atoms with Crippen LogP contribution in [-0.2, 0) is 90.6 Å². The highest BCUT2D eigenvalue weighted by Crippen LogP contribution is 2.40. The Morgan fingerprint density at radius 2 is 0.968 bits per heavy atom. The number of rotatable bonds is 48. The van der Waals surface area contributed by atoms with Crippen LogP contribution in [-0.4, -0.2) is 131 Å². The van der Waals surface area contributed by atoms with Crippen LogP contribution in [0, 0.1) is 17.8 Å². The lowest BCUT2D eigenvalue weighted by Gasteiger charge is -2.46. The van der Waals surface area contributed by atoms with Crippen LogP contribution in [0.1, 0.15) is 119 Å². The quantitative estimate of drug-likeness (QED) is 0.00670. The van der Waals surface area contributed by atoms with Gasteiger partial charge in [0.1, 0.15) is 0 Å². The molecule has 0 radical (unpaired) electrons. The highest BCUT2D eigenvalue weighted by molar-refractivity contribution is 7.94. The van der Waals surface area contributed by atoms with Gasteiger partial charge in [-0.25, -0.2) is 5.26 Å². The minimum Gasteiger partial charge on any atom is -0.413 e. The lowest BCUT2D eigenvalue weighted by atomic mass is 9.74. The van der Waals surface area contributed by atoms with Gasteiger partial charge in [0.25, 0.3) is 10.1 Å². The lowest BCUT2D eigenvalue weighted by molar-refractivity contribution is -0.432. The Hall–Kier alpha value is -3.10. The fraction of sp³-hybridized carbons (Fsp3) is 0.469. The zero-order valence-electron chi connectivity index (χ0n) is 56.5. The highest BCUT2D eigenvalue weighted by Gasteiger charge is 2.65. The van der Waals surface area contributed by atoms with E-state index in [0.717, 1.165) is 138 Å². The monoisotopic (exact) mass is 1480 g/mol. The van der Waals surface area contributed by atoms with Gasteiger partial charge in [-0.3, -0.25) is 4.55 Å². The van der Waals surface area contributed by atoms with Crippen molar-refractivity contribution in [2.24, 2.45) is 17.8 Å². The molecule has 4 aromatic carbocycles. The molecule has 8 N–H and O–H groups in total. The molecule has 10 atom stereocenters. The molecule has 4 rings (SSSR count). The minimum atomic E-state index is -5.20. The van der Waals surface area contributed by atoms with Crippen LogP contribution in [0.5, 0.6) is 0 Å². The van der Waals surface area contributed by atoms with Gasteiger partial charge in [-0.2, -0.15) is 8.42 Å². The molecule has 30 heteroatoms. The van der Waals surface area contributed by atoms with Crippen molar-refractivity contribution < 1.29 is 89.9 Å². The summed E-state index contributed by atoms with van der Waals surface area (Å²) in [5.74, 6) is 1.14. The third kappa shape index (κ3) is 26.9. The summed E-state index contributed by atoms with van der Waals surface area (Å²) in [5.41, 5.74) is 10.4. The molecule has 0 spiro atoms. The van der Waals surface area contributed by atoms with E-state index in [1.165, 1.54) is 37.6 Å². The molecule has 0 fully saturated rings. The van der Waals surface area contributed by atoms with Crippen molar-refractivity contribution in [3.05, 3.63) is 192 Å². The molecule has 20 nitrogen and oxygen atoms in total. The number of benzene rings is 4. The summed E-state index contributed by atoms with van der Waals surface area (Å²) in [4.78, 5) is 73.8. The molecule has 10 unspecified atom stereocenters. The standard InChI is InChI=1S/C64H104O20S2Si8/c1-16-53(25-26-54(17-2)50-59-33-39-62(40-34-59)85-78-77-65)49-58-29-27-56(28-30-58)45-48-94(81-90(71,72)22-7,82-91(73,23-8)76-12)84-93(83-92(74,24-9)79-87(13,14)15,80-89(70,21-6)52-88(69,20-5)75-11)47-44-57-31-37-61(38-32-57)64(10,19-4)46-43-55(18-3)51-60-35-41-63(42-36-60)86(66,67)68/h20-24,27-42,53-55,65,69-74H,5-9,16-19,25-26,43-52H2,1-4,10-15H3,(H,66,67,68). The Bertz CT molecular complexity index is 3120. The first kappa shape index (κ1) is 83.3. The molecule has 0 aliphatic heterocycles. The molecule has 0 aliphatic rings. The fourth-order valence-corrected chi connectivity index (χ4v) is 40.1. The highest BCUT2D eigenvalue weighted by atomic mass is 32.2. The van der Waals surface area contributed by atoms with Gasteiger partial charge >= 0.3 is 61.1 Å². The molecule has 0 heterocycles. The summed E-state index contributed by atoms with van der Waals surface area (Å²) >= 11 is 0.923. The maximum Gasteiger partial charge on any atom is 0.518 e. The topological polar surface area (TPSA) is 288 Å². The lowest BCUT2D eigenvalue weighted by Crippen LogP contribution is -2.71. The van der Waals surface area contributed by atoms with E-state index in [-0.39, 0.29) is 41.2 Å². The predicted molar refractivity (Wildman–Crippen MR) is 385 cm³/mol. The first-order valence-electron chi connectivity index (χ1n) is 31.9. The molecule has 0 aliphatic carbocycles. The molecule has 0 saturated heterocycles. The summed E-state index contributed by atoms with van der Waals surface area (Å²) in [7, 11) is -38.3. The van der Waals surface area contributed by atoms with Gasteiger partial charge in [-0.1, -0.05) is 157 Å². The van der Waals surface area contributed by atoms with Crippen molar-refractivity contribution in [3.8, 4) is 0 Å². The van der Waals surface area contributed by atoms with Crippen molar-refractivity contribution in [1.82, 2.24) is 0 Å². The van der Waals surface area contributed by atoms with Crippen LogP contribution in [0.2, 0.25) is 37.4 Å². The van der Waals surface area contributed by atoms with Crippen molar-refractivity contribution in [2.75, 3.05) is 14.2 Å². The fourth-order valence-electron chi connectivity index (χ4n) is 11.0. The maximum atomic E-state index is 12.9. The van der Waals surface area contributed by atoms with Crippen LogP contribution < -0.4 is 0 Å². The van der Waals surface area contributed by atoms with Crippen LogP contribution in [0.4, 0.5) is 0 Å². The Morgan fingerprint density at radius 1 is 0.532 bits per heavy atom. The van der Waals surface area contributed by atoms with Crippen LogP contribution in [0.3, 0.4) is 0 Å². The SMILES string of the molecule is C=C[Si](O)(O)O[Si](CCc1ccc(CC(CC)CCC(CC)Cc2ccc(SOOO)cc2)cc1)(O[Si](O)(C=C)OC)O[Si](CCc1ccc(C(C)(CC)CCC(CC)Cc2ccc(S(=O)(=O)O)cc2)cc1)(O[Si](O)(C=C)C[Si](O)(C=C)OC)O[Si](O)(C=C)O[Si](C)(C)C. The molecule has 0 amide bonds. The molecular weight excluding hydrogens is 1380 g/mol. The van der Waals surface area contributed by atoms with E-state index in [0.29, 0.717) is 11.8 Å². The van der Waals surface area contributed by atoms with Gasteiger partial charge in [0.15, 0.2) is 8.32 Å². The Balaban J connectivity index is 1.84. The van der Waals surface area contributed by atoms with Crippen LogP contribution >= 0.6 is 12.0 Å². The van der Waals surface area contributed by atoms with Crippen molar-refractivity contribution in [3.63, 3.8) is 0 Å². The van der Waals surface area contributed by atoms with E-state index < -0.39 is 85.2 Å². The van der Waals surface area contributed by atoms with Crippen molar-refractivity contribution >= 4 is 91.6 Å². The van der Waals surface area contributed by atoms with E-state index in [9.17, 15) is 41.7 Å². The van der Waals surface area contributed by atoms with Gasteiger partial charge in [0, 0.05) is 36.9 Å². The second-order valence-electron chi connectivity index (χ2n) is 25.3. The largest absolute Gasteiger partial charge is 0.518 e. The second kappa shape index (κ2) is 37.4. The van der Waals surface area contributed by atoms with Gasteiger partial charge < -0.3 is 62.3 Å². The van der Waals surface area contributed by atoms with Crippen LogP contribution in [0.25, 0.3) is 0 Å². The van der Waals surface area contributed by atoms with Gasteiger partial charge in [-0.15, -0.1) is 17.5 Å². The first-order chi connectivity index (χ1) is 44.1. The van der Waals surface area contributed by atoms with E-state index in [2.05, 4.69) is 89.0 Å². The molecule has 0 saturated carbocycles. The third-order valence-corrected chi connectivity index (χ3v) is 44.6.